The number of imide groups is 1. The summed E-state index contributed by atoms with van der Waals surface area (Å²) in [5, 5.41) is 2.49. The van der Waals surface area contributed by atoms with Crippen molar-refractivity contribution in [2.75, 3.05) is 16.8 Å². The number of esters is 1. The highest BCUT2D eigenvalue weighted by molar-refractivity contribution is 9.10. The molecule has 4 aromatic rings. The van der Waals surface area contributed by atoms with Gasteiger partial charge in [-0.25, -0.2) is 9.69 Å². The third-order valence-electron chi connectivity index (χ3n) is 7.25. The zero-order chi connectivity index (χ0) is 30.2. The molecule has 0 aliphatic carbocycles. The molecule has 9 nitrogen and oxygen atoms in total. The van der Waals surface area contributed by atoms with Crippen LogP contribution in [0.3, 0.4) is 0 Å². The van der Waals surface area contributed by atoms with Crippen molar-refractivity contribution in [1.82, 2.24) is 4.57 Å². The van der Waals surface area contributed by atoms with E-state index in [0.29, 0.717) is 26.8 Å². The molecule has 1 saturated heterocycles. The number of nitrogens with zero attached hydrogens (tertiary/aromatic N) is 2. The number of benzene rings is 3. The minimum atomic E-state index is -0.775. The van der Waals surface area contributed by atoms with E-state index in [2.05, 4.69) is 21.2 Å². The summed E-state index contributed by atoms with van der Waals surface area (Å²) in [4.78, 5) is 67.6. The molecule has 1 fully saturated rings. The molecule has 12 heteroatoms. The highest BCUT2D eigenvalue weighted by atomic mass is 79.9. The zero-order valence-corrected chi connectivity index (χ0v) is 25.9. The van der Waals surface area contributed by atoms with Crippen molar-refractivity contribution in [3.8, 4) is 0 Å². The number of amides is 3. The van der Waals surface area contributed by atoms with Crippen molar-refractivity contribution >= 4 is 74.1 Å². The lowest BCUT2D eigenvalue weighted by Gasteiger charge is -2.30. The number of nitrogens with one attached hydrogen (secondary N) is 1. The molecule has 0 bridgehead atoms. The van der Waals surface area contributed by atoms with Gasteiger partial charge in [0.25, 0.3) is 0 Å². The molecular formula is C31H24BrN3O6S2. The second-order valence-electron chi connectivity index (χ2n) is 9.91. The molecule has 1 N–H and O–H groups in total. The molecule has 3 aromatic carbocycles. The van der Waals surface area contributed by atoms with Gasteiger partial charge in [-0.05, 0) is 61.0 Å². The van der Waals surface area contributed by atoms with Gasteiger partial charge in [0.05, 0.1) is 28.8 Å². The van der Waals surface area contributed by atoms with Crippen molar-refractivity contribution in [3.63, 3.8) is 0 Å². The fourth-order valence-electron chi connectivity index (χ4n) is 5.39. The second kappa shape index (κ2) is 11.9. The Bertz CT molecular complexity index is 1800. The smallest absolute Gasteiger partial charge is 0.338 e. The Morgan fingerprint density at radius 1 is 0.953 bits per heavy atom. The Hall–Kier alpha value is -4.00. The van der Waals surface area contributed by atoms with Crippen LogP contribution in [0.2, 0.25) is 0 Å². The number of ether oxygens (including phenoxy) is 1. The topological polar surface area (TPSA) is 115 Å². The van der Waals surface area contributed by atoms with E-state index in [0.717, 1.165) is 33.1 Å². The summed E-state index contributed by atoms with van der Waals surface area (Å²) in [5.41, 5.74) is 2.09. The van der Waals surface area contributed by atoms with E-state index in [-0.39, 0.29) is 29.8 Å². The number of para-hydroxylation sites is 1. The fourth-order valence-corrected chi connectivity index (χ4v) is 8.58. The molecule has 0 saturated carbocycles. The van der Waals surface area contributed by atoms with Crippen LogP contribution < -0.4 is 15.1 Å². The first-order valence-corrected chi connectivity index (χ1v) is 15.9. The summed E-state index contributed by atoms with van der Waals surface area (Å²) in [6, 6.07) is 22.6. The zero-order valence-electron chi connectivity index (χ0n) is 22.7. The largest absolute Gasteiger partial charge is 0.462 e. The van der Waals surface area contributed by atoms with Crippen LogP contribution in [0.5, 0.6) is 0 Å². The van der Waals surface area contributed by atoms with Gasteiger partial charge in [0.1, 0.15) is 11.8 Å². The number of hydrogen-bond acceptors (Lipinski definition) is 8. The number of fused-ring (bicyclic) bond motifs is 2. The number of thioether (sulfide) groups is 1. The molecular weight excluding hydrogens is 654 g/mol. The van der Waals surface area contributed by atoms with Crippen LogP contribution >= 0.6 is 39.0 Å². The highest BCUT2D eigenvalue weighted by Crippen LogP contribution is 2.54. The third kappa shape index (κ3) is 5.46. The van der Waals surface area contributed by atoms with Crippen molar-refractivity contribution in [3.05, 3.63) is 109 Å². The SMILES string of the molecule is CCOC(=O)c1ccc(NC(=O)Cn2c3c(sc2=O)[C@H](c2cccc(Br)c2)C2C(=O)N(c4ccccc4)C(=O)C2S3)cc1. The quantitative estimate of drug-likeness (QED) is 0.209. The average molecular weight is 679 g/mol. The van der Waals surface area contributed by atoms with Gasteiger partial charge in [-0.15, -0.1) is 0 Å². The van der Waals surface area contributed by atoms with Gasteiger partial charge in [0.2, 0.25) is 17.7 Å². The lowest BCUT2D eigenvalue weighted by Crippen LogP contribution is -2.33. The number of hydrogen-bond donors (Lipinski definition) is 1. The van der Waals surface area contributed by atoms with E-state index in [4.69, 9.17) is 4.74 Å². The Balaban J connectivity index is 1.33. The van der Waals surface area contributed by atoms with Crippen molar-refractivity contribution < 1.29 is 23.9 Å². The summed E-state index contributed by atoms with van der Waals surface area (Å²) < 4.78 is 7.17. The molecule has 3 heterocycles. The molecule has 2 aliphatic rings. The van der Waals surface area contributed by atoms with E-state index >= 15 is 0 Å². The minimum absolute atomic E-state index is 0.253. The van der Waals surface area contributed by atoms with Crippen LogP contribution in [0.1, 0.15) is 33.6 Å². The van der Waals surface area contributed by atoms with Crippen molar-refractivity contribution in [1.29, 1.82) is 0 Å². The maximum atomic E-state index is 13.9. The van der Waals surface area contributed by atoms with E-state index < -0.39 is 29.0 Å². The molecule has 218 valence electrons. The molecule has 0 radical (unpaired) electrons. The molecule has 3 atom stereocenters. The van der Waals surface area contributed by atoms with E-state index in [1.165, 1.54) is 9.47 Å². The number of halogens is 1. The maximum absolute atomic E-state index is 13.9. The maximum Gasteiger partial charge on any atom is 0.338 e. The number of carbonyl (C=O) groups is 4. The van der Waals surface area contributed by atoms with Crippen LogP contribution in [-0.4, -0.2) is 40.1 Å². The Labute approximate surface area is 263 Å². The number of rotatable bonds is 7. The second-order valence-corrected chi connectivity index (χ2v) is 13.0. The monoisotopic (exact) mass is 677 g/mol. The first-order chi connectivity index (χ1) is 20.8. The lowest BCUT2D eigenvalue weighted by atomic mass is 9.83. The van der Waals surface area contributed by atoms with Gasteiger partial charge >= 0.3 is 10.8 Å². The number of anilines is 2. The highest BCUT2D eigenvalue weighted by Gasteiger charge is 2.56. The predicted molar refractivity (Wildman–Crippen MR) is 168 cm³/mol. The number of thiazole rings is 1. The standard InChI is InChI=1S/C31H24BrN3O6S2/c1-2-41-30(39)17-11-13-20(14-12-17)33-22(36)16-34-29-26(43-31(34)40)23(18-7-6-8-19(32)15-18)24-25(42-29)28(38)35(27(24)37)21-9-4-3-5-10-21/h3-15,23-25H,2,16H2,1H3,(H,33,36)/t23-,24?,25?/m1/s1. The van der Waals surface area contributed by atoms with Crippen molar-refractivity contribution in [2.24, 2.45) is 5.92 Å². The Kier molecular flexibility index (Phi) is 8.08. The van der Waals surface area contributed by atoms with Crippen LogP contribution in [0.4, 0.5) is 11.4 Å². The van der Waals surface area contributed by atoms with Gasteiger partial charge in [-0.2, -0.15) is 0 Å². The van der Waals surface area contributed by atoms with Crippen LogP contribution in [0.25, 0.3) is 0 Å². The van der Waals surface area contributed by atoms with E-state index in [9.17, 15) is 24.0 Å². The van der Waals surface area contributed by atoms with Gasteiger partial charge in [-0.3, -0.25) is 23.7 Å². The van der Waals surface area contributed by atoms with E-state index in [1.807, 2.05) is 30.3 Å². The summed E-state index contributed by atoms with van der Waals surface area (Å²) in [6.07, 6.45) is 0. The summed E-state index contributed by atoms with van der Waals surface area (Å²) in [7, 11) is 0. The normalized spacial score (nSPS) is 19.1. The van der Waals surface area contributed by atoms with Crippen LogP contribution in [0.15, 0.2) is 93.2 Å². The summed E-state index contributed by atoms with van der Waals surface area (Å²) in [5.74, 6) is -2.86. The van der Waals surface area contributed by atoms with E-state index in [1.54, 1.807) is 55.5 Å². The predicted octanol–water partition coefficient (Wildman–Crippen LogP) is 5.28. The molecule has 43 heavy (non-hydrogen) atoms. The van der Waals surface area contributed by atoms with Gasteiger partial charge in [0, 0.05) is 21.0 Å². The van der Waals surface area contributed by atoms with Gasteiger partial charge < -0.3 is 10.1 Å². The molecule has 1 aromatic heterocycles. The minimum Gasteiger partial charge on any atom is -0.462 e. The van der Waals surface area contributed by atoms with Crippen molar-refractivity contribution in [2.45, 2.75) is 29.7 Å². The Morgan fingerprint density at radius 3 is 2.40 bits per heavy atom. The average Bonchev–Trinajstić information content (AvgIpc) is 3.44. The van der Waals surface area contributed by atoms with Gasteiger partial charge in [0.15, 0.2) is 0 Å². The molecule has 3 amide bonds. The molecule has 0 spiro atoms. The van der Waals surface area contributed by atoms with Gasteiger partial charge in [-0.1, -0.05) is 69.4 Å². The first kappa shape index (κ1) is 29.1. The molecule has 2 unspecified atom stereocenters. The Morgan fingerprint density at radius 2 is 1.70 bits per heavy atom. The first-order valence-electron chi connectivity index (χ1n) is 13.4. The fraction of sp³-hybridized carbons (Fsp3) is 0.194. The van der Waals surface area contributed by atoms with Crippen LogP contribution in [-0.2, 0) is 25.7 Å². The lowest BCUT2D eigenvalue weighted by molar-refractivity contribution is -0.122. The van der Waals surface area contributed by atoms with Crippen LogP contribution in [0, 0.1) is 5.92 Å². The summed E-state index contributed by atoms with van der Waals surface area (Å²) >= 11 is 5.67. The number of carbonyl (C=O) groups excluding carboxylic acids is 4. The molecule has 2 aliphatic heterocycles. The molecule has 6 rings (SSSR count). The summed E-state index contributed by atoms with van der Waals surface area (Å²) in [6.45, 7) is 1.68. The number of aromatic nitrogens is 1. The third-order valence-corrected chi connectivity index (χ3v) is 10.3.